The van der Waals surface area contributed by atoms with Crippen molar-refractivity contribution in [1.29, 1.82) is 0 Å². The van der Waals surface area contributed by atoms with Gasteiger partial charge in [0.15, 0.2) is 0 Å². The highest BCUT2D eigenvalue weighted by Crippen LogP contribution is 2.29. The lowest BCUT2D eigenvalue weighted by atomic mass is 10.2. The Morgan fingerprint density at radius 2 is 1.91 bits per heavy atom. The highest BCUT2D eigenvalue weighted by molar-refractivity contribution is 5.90. The van der Waals surface area contributed by atoms with Gasteiger partial charge in [-0.05, 0) is 18.2 Å². The van der Waals surface area contributed by atoms with Crippen molar-refractivity contribution in [2.24, 2.45) is 0 Å². The zero-order chi connectivity index (χ0) is 23.5. The lowest BCUT2D eigenvalue weighted by molar-refractivity contribution is -0.385. The van der Waals surface area contributed by atoms with Gasteiger partial charge >= 0.3 is 11.8 Å². The summed E-state index contributed by atoms with van der Waals surface area (Å²) < 4.78 is 20.2. The van der Waals surface area contributed by atoms with Crippen LogP contribution in [0.3, 0.4) is 0 Å². The number of rotatable bonds is 6. The molecular formula is C20H22FN7O5. The van der Waals surface area contributed by atoms with E-state index in [0.29, 0.717) is 43.5 Å². The molecule has 2 aliphatic heterocycles. The van der Waals surface area contributed by atoms with Crippen LogP contribution in [-0.2, 0) is 9.53 Å². The fourth-order valence-electron chi connectivity index (χ4n) is 3.74. The molecule has 33 heavy (non-hydrogen) atoms. The normalized spacial score (nSPS) is 18.3. The first-order valence-corrected chi connectivity index (χ1v) is 10.3. The molecule has 1 atom stereocenters. The number of hydrogen-bond acceptors (Lipinski definition) is 9. The maximum Gasteiger partial charge on any atom is 0.414 e. The van der Waals surface area contributed by atoms with Gasteiger partial charge in [-0.2, -0.15) is 0 Å². The number of nitrogens with zero attached hydrogens (tertiary/aromatic N) is 6. The molecule has 2 fully saturated rings. The molecule has 13 heteroatoms. The predicted molar refractivity (Wildman–Crippen MR) is 116 cm³/mol. The lowest BCUT2D eigenvalue weighted by Gasteiger charge is -2.36. The van der Waals surface area contributed by atoms with Crippen molar-refractivity contribution in [3.63, 3.8) is 0 Å². The molecule has 0 radical (unpaired) electrons. The summed E-state index contributed by atoms with van der Waals surface area (Å²) in [7, 11) is 0. The molecule has 0 saturated carbocycles. The van der Waals surface area contributed by atoms with Crippen molar-refractivity contribution >= 4 is 35.0 Å². The first-order chi connectivity index (χ1) is 15.8. The zero-order valence-corrected chi connectivity index (χ0v) is 17.8. The smallest absolute Gasteiger partial charge is 0.414 e. The summed E-state index contributed by atoms with van der Waals surface area (Å²) in [6.45, 7) is 3.82. The quantitative estimate of drug-likeness (QED) is 0.501. The van der Waals surface area contributed by atoms with E-state index in [0.717, 1.165) is 12.4 Å². The van der Waals surface area contributed by atoms with E-state index in [-0.39, 0.29) is 24.7 Å². The van der Waals surface area contributed by atoms with Gasteiger partial charge in [-0.3, -0.25) is 19.8 Å². The molecule has 12 nitrogen and oxygen atoms in total. The molecule has 1 unspecified atom stereocenters. The largest absolute Gasteiger partial charge is 0.442 e. The molecule has 1 aromatic heterocycles. The second-order valence-corrected chi connectivity index (χ2v) is 7.66. The van der Waals surface area contributed by atoms with Crippen LogP contribution in [0, 0.1) is 15.9 Å². The molecule has 0 spiro atoms. The van der Waals surface area contributed by atoms with Crippen LogP contribution in [0.2, 0.25) is 0 Å². The second-order valence-electron chi connectivity index (χ2n) is 7.66. The maximum absolute atomic E-state index is 14.9. The van der Waals surface area contributed by atoms with Crippen molar-refractivity contribution in [1.82, 2.24) is 15.3 Å². The average Bonchev–Trinajstić information content (AvgIpc) is 3.18. The molecule has 3 heterocycles. The van der Waals surface area contributed by atoms with Crippen molar-refractivity contribution in [2.75, 3.05) is 54.0 Å². The van der Waals surface area contributed by atoms with Crippen LogP contribution in [0.5, 0.6) is 0 Å². The van der Waals surface area contributed by atoms with Crippen LogP contribution in [-0.4, -0.2) is 72.3 Å². The number of anilines is 3. The Hall–Kier alpha value is -4.03. The number of carbonyl (C=O) groups is 2. The molecule has 2 aliphatic rings. The van der Waals surface area contributed by atoms with Crippen LogP contribution in [0.25, 0.3) is 0 Å². The Morgan fingerprint density at radius 1 is 1.24 bits per heavy atom. The van der Waals surface area contributed by atoms with Gasteiger partial charge in [0, 0.05) is 33.1 Å². The topological polar surface area (TPSA) is 134 Å². The summed E-state index contributed by atoms with van der Waals surface area (Å²) >= 11 is 0. The number of piperazine rings is 1. The van der Waals surface area contributed by atoms with Gasteiger partial charge in [-0.15, -0.1) is 0 Å². The summed E-state index contributed by atoms with van der Waals surface area (Å²) in [6.07, 6.45) is 1.24. The monoisotopic (exact) mass is 459 g/mol. The highest BCUT2D eigenvalue weighted by Gasteiger charge is 2.33. The fraction of sp³-hybridized carbons (Fsp3) is 0.400. The number of benzene rings is 1. The molecule has 4 rings (SSSR count). The molecule has 174 valence electrons. The van der Waals surface area contributed by atoms with Crippen molar-refractivity contribution in [3.05, 3.63) is 46.5 Å². The number of hydrogen-bond donors (Lipinski definition) is 1. The van der Waals surface area contributed by atoms with E-state index < -0.39 is 22.9 Å². The van der Waals surface area contributed by atoms with Crippen LogP contribution in [0.15, 0.2) is 30.6 Å². The number of cyclic esters (lactones) is 1. The second kappa shape index (κ2) is 9.22. The minimum atomic E-state index is -0.589. The van der Waals surface area contributed by atoms with Gasteiger partial charge in [-0.1, -0.05) is 0 Å². The number of halogens is 1. The molecule has 2 aromatic rings. The van der Waals surface area contributed by atoms with E-state index in [9.17, 15) is 24.1 Å². The van der Waals surface area contributed by atoms with Crippen LogP contribution in [0.1, 0.15) is 6.92 Å². The number of carbonyl (C=O) groups excluding carboxylic acids is 2. The Labute approximate surface area is 188 Å². The zero-order valence-electron chi connectivity index (χ0n) is 17.8. The third-order valence-corrected chi connectivity index (χ3v) is 5.43. The minimum absolute atomic E-state index is 0.178. The number of ether oxygens (including phenoxy) is 1. The number of nitrogens with one attached hydrogen (secondary N) is 1. The number of aromatic nitrogens is 2. The van der Waals surface area contributed by atoms with Gasteiger partial charge in [0.25, 0.3) is 0 Å². The lowest BCUT2D eigenvalue weighted by Crippen LogP contribution is -2.47. The Bertz CT molecular complexity index is 1060. The predicted octanol–water partition coefficient (Wildman–Crippen LogP) is 1.31. The number of nitro groups is 1. The van der Waals surface area contributed by atoms with E-state index in [1.807, 2.05) is 9.80 Å². The van der Waals surface area contributed by atoms with Gasteiger partial charge in [-0.25, -0.2) is 19.2 Å². The first kappa shape index (κ1) is 22.2. The van der Waals surface area contributed by atoms with Crippen molar-refractivity contribution < 1.29 is 23.6 Å². The summed E-state index contributed by atoms with van der Waals surface area (Å²) in [6, 6.07) is 4.58. The van der Waals surface area contributed by atoms with Crippen molar-refractivity contribution in [2.45, 2.75) is 13.0 Å². The van der Waals surface area contributed by atoms with Gasteiger partial charge in [0.05, 0.1) is 29.4 Å². The molecule has 0 aliphatic carbocycles. The van der Waals surface area contributed by atoms with Crippen LogP contribution in [0.4, 0.5) is 32.2 Å². The SMILES string of the molecule is CC(=O)NCC1CN(c2ccc(N3CCN(c4ncc([N+](=O)[O-])cn4)CC3)c(F)c2)C(=O)O1. The summed E-state index contributed by atoms with van der Waals surface area (Å²) in [5.41, 5.74) is 0.609. The third kappa shape index (κ3) is 4.91. The Morgan fingerprint density at radius 3 is 2.52 bits per heavy atom. The maximum atomic E-state index is 14.9. The molecule has 1 aromatic carbocycles. The van der Waals surface area contributed by atoms with Crippen molar-refractivity contribution in [3.8, 4) is 0 Å². The Kier molecular flexibility index (Phi) is 6.20. The first-order valence-electron chi connectivity index (χ1n) is 10.3. The van der Waals surface area contributed by atoms with Crippen LogP contribution >= 0.6 is 0 Å². The third-order valence-electron chi connectivity index (χ3n) is 5.43. The van der Waals surface area contributed by atoms with Crippen LogP contribution < -0.4 is 20.0 Å². The molecule has 0 bridgehead atoms. The van der Waals surface area contributed by atoms with E-state index in [4.69, 9.17) is 4.74 Å². The van der Waals surface area contributed by atoms with Gasteiger partial charge < -0.3 is 19.9 Å². The molecule has 2 amide bonds. The van der Waals surface area contributed by atoms with E-state index >= 15 is 0 Å². The standard InChI is InChI=1S/C20H22FN7O5/c1-13(29)22-11-16-12-27(20(30)33-16)14-2-3-18(17(21)8-14)25-4-6-26(7-5-25)19-23-9-15(10-24-19)28(31)32/h2-3,8-10,16H,4-7,11-12H2,1H3,(H,22,29). The molecule has 2 saturated heterocycles. The fourth-order valence-corrected chi connectivity index (χ4v) is 3.74. The summed E-state index contributed by atoms with van der Waals surface area (Å²) in [4.78, 5) is 46.6. The van der Waals surface area contributed by atoms with Gasteiger partial charge in [0.1, 0.15) is 24.3 Å². The van der Waals surface area contributed by atoms with E-state index in [2.05, 4.69) is 15.3 Å². The minimum Gasteiger partial charge on any atom is -0.442 e. The molecule has 1 N–H and O–H groups in total. The molecular weight excluding hydrogens is 437 g/mol. The van der Waals surface area contributed by atoms with E-state index in [1.165, 1.54) is 17.9 Å². The Balaban J connectivity index is 1.37. The average molecular weight is 459 g/mol. The van der Waals surface area contributed by atoms with E-state index in [1.54, 1.807) is 12.1 Å². The number of amides is 2. The van der Waals surface area contributed by atoms with Gasteiger partial charge in [0.2, 0.25) is 11.9 Å². The highest BCUT2D eigenvalue weighted by atomic mass is 19.1. The summed E-state index contributed by atoms with van der Waals surface area (Å²) in [5, 5.41) is 13.3. The summed E-state index contributed by atoms with van der Waals surface area (Å²) in [5.74, 6) is -0.303.